The fourth-order valence-electron chi connectivity index (χ4n) is 1.79. The maximum absolute atomic E-state index is 12.1. The van der Waals surface area contributed by atoms with Gasteiger partial charge in [0.15, 0.2) is 0 Å². The Balaban J connectivity index is 2.41. The Kier molecular flexibility index (Phi) is 5.43. The first-order valence-electron chi connectivity index (χ1n) is 6.96. The molecule has 4 nitrogen and oxygen atoms in total. The normalized spacial score (nSPS) is 12.8. The number of rotatable bonds is 5. The fraction of sp³-hybridized carbons (Fsp3) is 0.562. The van der Waals surface area contributed by atoms with Crippen molar-refractivity contribution in [3.05, 3.63) is 24.3 Å². The van der Waals surface area contributed by atoms with Crippen molar-refractivity contribution in [2.45, 2.75) is 40.2 Å². The number of hydrogen-bond acceptors (Lipinski definition) is 3. The molecule has 1 rings (SSSR count). The number of carbonyl (C=O) groups is 1. The van der Waals surface area contributed by atoms with Crippen LogP contribution in [-0.4, -0.2) is 30.5 Å². The minimum absolute atomic E-state index is 0.0717. The average molecular weight is 278 g/mol. The van der Waals surface area contributed by atoms with Gasteiger partial charge >= 0.3 is 0 Å². The van der Waals surface area contributed by atoms with Crippen molar-refractivity contribution in [3.63, 3.8) is 0 Å². The van der Waals surface area contributed by atoms with Crippen LogP contribution in [0.1, 0.15) is 34.1 Å². The second-order valence-corrected chi connectivity index (χ2v) is 6.21. The number of nitrogens with zero attached hydrogens (tertiary/aromatic N) is 1. The van der Waals surface area contributed by atoms with Gasteiger partial charge in [-0.25, -0.2) is 0 Å². The zero-order valence-electron chi connectivity index (χ0n) is 13.1. The van der Waals surface area contributed by atoms with E-state index in [1.807, 2.05) is 7.05 Å². The van der Waals surface area contributed by atoms with E-state index < -0.39 is 0 Å². The lowest BCUT2D eigenvalue weighted by atomic mass is 9.87. The molecule has 112 valence electrons. The predicted molar refractivity (Wildman–Crippen MR) is 82.7 cm³/mol. The van der Waals surface area contributed by atoms with E-state index in [0.717, 1.165) is 5.75 Å². The van der Waals surface area contributed by atoms with Crippen molar-refractivity contribution in [2.75, 3.05) is 19.4 Å². The summed E-state index contributed by atoms with van der Waals surface area (Å²) in [6.07, 6.45) is 0.376. The minimum Gasteiger partial charge on any atom is -0.493 e. The van der Waals surface area contributed by atoms with E-state index in [1.54, 1.807) is 29.2 Å². The molecule has 1 unspecified atom stereocenters. The maximum atomic E-state index is 12.1. The van der Waals surface area contributed by atoms with Crippen LogP contribution in [0.5, 0.6) is 5.75 Å². The van der Waals surface area contributed by atoms with E-state index in [-0.39, 0.29) is 17.4 Å². The van der Waals surface area contributed by atoms with Crippen molar-refractivity contribution in [1.82, 2.24) is 4.90 Å². The van der Waals surface area contributed by atoms with Crippen LogP contribution in [0.2, 0.25) is 0 Å². The van der Waals surface area contributed by atoms with Gasteiger partial charge in [0.05, 0.1) is 13.0 Å². The van der Waals surface area contributed by atoms with Gasteiger partial charge in [-0.1, -0.05) is 20.8 Å². The molecule has 0 saturated heterocycles. The summed E-state index contributed by atoms with van der Waals surface area (Å²) >= 11 is 0. The van der Waals surface area contributed by atoms with Gasteiger partial charge in [0.1, 0.15) is 5.75 Å². The largest absolute Gasteiger partial charge is 0.493 e. The average Bonchev–Trinajstić information content (AvgIpc) is 2.38. The third kappa shape index (κ3) is 4.76. The molecule has 1 atom stereocenters. The smallest absolute Gasteiger partial charge is 0.225 e. The lowest BCUT2D eigenvalue weighted by Gasteiger charge is -2.35. The Hall–Kier alpha value is -1.71. The quantitative estimate of drug-likeness (QED) is 0.843. The molecule has 0 aliphatic rings. The highest BCUT2D eigenvalue weighted by atomic mass is 16.5. The summed E-state index contributed by atoms with van der Waals surface area (Å²) in [5.74, 6) is 0.835. The van der Waals surface area contributed by atoms with Crippen molar-refractivity contribution in [2.24, 2.45) is 5.41 Å². The summed E-state index contributed by atoms with van der Waals surface area (Å²) in [4.78, 5) is 13.9. The number of hydrogen-bond donors (Lipinski definition) is 1. The topological polar surface area (TPSA) is 55.6 Å². The van der Waals surface area contributed by atoms with Crippen molar-refractivity contribution >= 4 is 11.6 Å². The molecule has 0 aliphatic heterocycles. The molecule has 0 saturated carbocycles. The van der Waals surface area contributed by atoms with Gasteiger partial charge in [-0.05, 0) is 36.6 Å². The van der Waals surface area contributed by atoms with Gasteiger partial charge in [0, 0.05) is 18.8 Å². The zero-order chi connectivity index (χ0) is 15.3. The molecule has 1 aromatic rings. The SMILES string of the molecule is CC(N(C)C(=O)CCOc1ccc(N)cc1)C(C)(C)C. The summed E-state index contributed by atoms with van der Waals surface area (Å²) < 4.78 is 5.54. The Morgan fingerprint density at radius 3 is 2.35 bits per heavy atom. The van der Waals surface area contributed by atoms with Gasteiger partial charge in [-0.2, -0.15) is 0 Å². The van der Waals surface area contributed by atoms with Crippen LogP contribution in [-0.2, 0) is 4.79 Å². The molecule has 0 aromatic heterocycles. The van der Waals surface area contributed by atoms with Gasteiger partial charge in [-0.15, -0.1) is 0 Å². The molecule has 0 radical (unpaired) electrons. The highest BCUT2D eigenvalue weighted by Crippen LogP contribution is 2.23. The number of ether oxygens (including phenoxy) is 1. The Morgan fingerprint density at radius 1 is 1.30 bits per heavy atom. The van der Waals surface area contributed by atoms with Gasteiger partial charge in [0.25, 0.3) is 0 Å². The van der Waals surface area contributed by atoms with E-state index in [9.17, 15) is 4.79 Å². The van der Waals surface area contributed by atoms with Crippen molar-refractivity contribution in [3.8, 4) is 5.75 Å². The van der Waals surface area contributed by atoms with Crippen LogP contribution in [0.4, 0.5) is 5.69 Å². The van der Waals surface area contributed by atoms with Crippen LogP contribution in [0.3, 0.4) is 0 Å². The van der Waals surface area contributed by atoms with Crippen LogP contribution in [0, 0.1) is 5.41 Å². The summed E-state index contributed by atoms with van der Waals surface area (Å²) in [5.41, 5.74) is 6.37. The number of anilines is 1. The molecular formula is C16H26N2O2. The van der Waals surface area contributed by atoms with E-state index >= 15 is 0 Å². The standard InChI is InChI=1S/C16H26N2O2/c1-12(16(2,3)4)18(5)15(19)10-11-20-14-8-6-13(17)7-9-14/h6-9,12H,10-11,17H2,1-5H3. The van der Waals surface area contributed by atoms with E-state index in [1.165, 1.54) is 0 Å². The molecule has 1 aromatic carbocycles. The van der Waals surface area contributed by atoms with Crippen LogP contribution >= 0.6 is 0 Å². The van der Waals surface area contributed by atoms with Crippen LogP contribution < -0.4 is 10.5 Å². The number of nitrogen functional groups attached to an aromatic ring is 1. The number of carbonyl (C=O) groups excluding carboxylic acids is 1. The Bertz CT molecular complexity index is 435. The van der Waals surface area contributed by atoms with E-state index in [2.05, 4.69) is 27.7 Å². The summed E-state index contributed by atoms with van der Waals surface area (Å²) in [5, 5.41) is 0. The Morgan fingerprint density at radius 2 is 1.85 bits per heavy atom. The number of nitrogens with two attached hydrogens (primary N) is 1. The lowest BCUT2D eigenvalue weighted by Crippen LogP contribution is -2.43. The molecule has 20 heavy (non-hydrogen) atoms. The first-order chi connectivity index (χ1) is 9.21. The molecule has 0 spiro atoms. The van der Waals surface area contributed by atoms with Gasteiger partial charge in [-0.3, -0.25) is 4.79 Å². The first-order valence-corrected chi connectivity index (χ1v) is 6.96. The molecule has 0 aliphatic carbocycles. The molecule has 0 heterocycles. The lowest BCUT2D eigenvalue weighted by molar-refractivity contribution is -0.134. The number of benzene rings is 1. The van der Waals surface area contributed by atoms with Crippen molar-refractivity contribution < 1.29 is 9.53 Å². The Labute approximate surface area is 121 Å². The summed E-state index contributed by atoms with van der Waals surface area (Å²) in [6, 6.07) is 7.37. The molecule has 2 N–H and O–H groups in total. The minimum atomic E-state index is 0.0717. The van der Waals surface area contributed by atoms with E-state index in [4.69, 9.17) is 10.5 Å². The van der Waals surface area contributed by atoms with Crippen molar-refractivity contribution in [1.29, 1.82) is 0 Å². The maximum Gasteiger partial charge on any atom is 0.225 e. The fourth-order valence-corrected chi connectivity index (χ4v) is 1.79. The second kappa shape index (κ2) is 6.64. The molecule has 4 heteroatoms. The molecular weight excluding hydrogens is 252 g/mol. The third-order valence-electron chi connectivity index (χ3n) is 3.69. The predicted octanol–water partition coefficient (Wildman–Crippen LogP) is 2.93. The highest BCUT2D eigenvalue weighted by molar-refractivity contribution is 5.76. The first kappa shape index (κ1) is 16.3. The highest BCUT2D eigenvalue weighted by Gasteiger charge is 2.26. The number of amides is 1. The van der Waals surface area contributed by atoms with Crippen LogP contribution in [0.25, 0.3) is 0 Å². The second-order valence-electron chi connectivity index (χ2n) is 6.21. The molecule has 0 bridgehead atoms. The monoisotopic (exact) mass is 278 g/mol. The third-order valence-corrected chi connectivity index (χ3v) is 3.69. The van der Waals surface area contributed by atoms with Gasteiger partial charge in [0.2, 0.25) is 5.91 Å². The summed E-state index contributed by atoms with van der Waals surface area (Å²) in [7, 11) is 1.85. The summed E-state index contributed by atoms with van der Waals surface area (Å²) in [6.45, 7) is 8.84. The van der Waals surface area contributed by atoms with E-state index in [0.29, 0.717) is 18.7 Å². The molecule has 1 amide bonds. The zero-order valence-corrected chi connectivity index (χ0v) is 13.1. The van der Waals surface area contributed by atoms with Crippen LogP contribution in [0.15, 0.2) is 24.3 Å². The molecule has 0 fully saturated rings. The van der Waals surface area contributed by atoms with Gasteiger partial charge < -0.3 is 15.4 Å².